The molecule has 1 spiro atoms. The SMILES string of the molecule is CCOc1ccc(N2CC=C[C@@]3(C)S[C@]45C=CCN(Cn6nnc7ccccc76)C(=O)C4N([C@@H](CO)CC(C)C)C(=O)[C@@H]5[C@H]3C2=O)cc1. The average Bonchev–Trinajstić information content (AvgIpc) is 3.60. The molecule has 0 aliphatic carbocycles. The lowest BCUT2D eigenvalue weighted by Gasteiger charge is -2.40. The van der Waals surface area contributed by atoms with Gasteiger partial charge in [0.05, 0.1) is 41.4 Å². The van der Waals surface area contributed by atoms with E-state index in [1.165, 1.54) is 11.8 Å². The van der Waals surface area contributed by atoms with E-state index in [1.54, 1.807) is 19.4 Å². The van der Waals surface area contributed by atoms with Gasteiger partial charge in [0.25, 0.3) is 0 Å². The molecule has 4 aliphatic rings. The molecule has 3 aromatic rings. The van der Waals surface area contributed by atoms with Crippen molar-refractivity contribution in [3.63, 3.8) is 0 Å². The molecule has 12 heteroatoms. The molecule has 2 aromatic carbocycles. The minimum absolute atomic E-state index is 0.145. The molecule has 1 N–H and O–H groups in total. The summed E-state index contributed by atoms with van der Waals surface area (Å²) >= 11 is 1.54. The van der Waals surface area contributed by atoms with Crippen LogP contribution in [0.2, 0.25) is 0 Å². The van der Waals surface area contributed by atoms with Gasteiger partial charge in [-0.3, -0.25) is 14.4 Å². The largest absolute Gasteiger partial charge is 0.494 e. The second-order valence-electron chi connectivity index (χ2n) is 13.7. The quantitative estimate of drug-likeness (QED) is 0.341. The van der Waals surface area contributed by atoms with Crippen molar-refractivity contribution >= 4 is 46.2 Å². The van der Waals surface area contributed by atoms with Gasteiger partial charge < -0.3 is 24.5 Å². The van der Waals surface area contributed by atoms with Crippen molar-refractivity contribution in [2.75, 3.05) is 31.2 Å². The highest BCUT2D eigenvalue weighted by Crippen LogP contribution is 2.66. The van der Waals surface area contributed by atoms with Crippen molar-refractivity contribution in [2.45, 2.75) is 62.4 Å². The molecule has 2 saturated heterocycles. The summed E-state index contributed by atoms with van der Waals surface area (Å²) < 4.78 is 5.54. The van der Waals surface area contributed by atoms with E-state index in [-0.39, 0.29) is 36.9 Å². The number of aliphatic hydroxyl groups excluding tert-OH is 1. The first kappa shape index (κ1) is 32.4. The number of carbonyl (C=O) groups excluding carboxylic acids is 3. The van der Waals surface area contributed by atoms with Crippen molar-refractivity contribution in [1.29, 1.82) is 0 Å². The molecule has 252 valence electrons. The Labute approximate surface area is 284 Å². The Kier molecular flexibility index (Phi) is 8.35. The van der Waals surface area contributed by atoms with E-state index in [2.05, 4.69) is 16.4 Å². The summed E-state index contributed by atoms with van der Waals surface area (Å²) in [7, 11) is 0. The van der Waals surface area contributed by atoms with Gasteiger partial charge in [-0.15, -0.1) is 16.9 Å². The van der Waals surface area contributed by atoms with Crippen LogP contribution in [0.15, 0.2) is 72.8 Å². The summed E-state index contributed by atoms with van der Waals surface area (Å²) in [6.45, 7) is 9.08. The van der Waals surface area contributed by atoms with Crippen LogP contribution in [0.25, 0.3) is 11.0 Å². The number of hydrogen-bond acceptors (Lipinski definition) is 8. The van der Waals surface area contributed by atoms with Crippen molar-refractivity contribution in [2.24, 2.45) is 17.8 Å². The molecule has 0 radical (unpaired) electrons. The number of hydrogen-bond donors (Lipinski definition) is 1. The molecule has 0 bridgehead atoms. The zero-order valence-electron chi connectivity index (χ0n) is 27.7. The molecule has 48 heavy (non-hydrogen) atoms. The van der Waals surface area contributed by atoms with Crippen LogP contribution in [0.5, 0.6) is 5.75 Å². The Bertz CT molecular complexity index is 1790. The number of thioether (sulfide) groups is 1. The van der Waals surface area contributed by atoms with E-state index in [1.807, 2.05) is 94.5 Å². The van der Waals surface area contributed by atoms with E-state index in [0.29, 0.717) is 31.8 Å². The molecule has 6 atom stereocenters. The Hall–Kier alpha value is -4.16. The van der Waals surface area contributed by atoms with Gasteiger partial charge in [0.2, 0.25) is 17.7 Å². The zero-order valence-corrected chi connectivity index (χ0v) is 28.5. The highest BCUT2D eigenvalue weighted by Gasteiger charge is 2.74. The Morgan fingerprint density at radius 1 is 0.979 bits per heavy atom. The molecule has 0 saturated carbocycles. The van der Waals surface area contributed by atoms with Crippen molar-refractivity contribution in [3.05, 3.63) is 72.8 Å². The van der Waals surface area contributed by atoms with Crippen molar-refractivity contribution in [1.82, 2.24) is 24.8 Å². The number of aromatic nitrogens is 3. The molecular formula is C36H42N6O5S. The topological polar surface area (TPSA) is 121 Å². The van der Waals surface area contributed by atoms with Gasteiger partial charge in [0.1, 0.15) is 24.0 Å². The van der Waals surface area contributed by atoms with Crippen LogP contribution in [0.3, 0.4) is 0 Å². The summed E-state index contributed by atoms with van der Waals surface area (Å²) in [5.41, 5.74) is 2.24. The number of amides is 3. The number of benzene rings is 2. The lowest BCUT2D eigenvalue weighted by atomic mass is 9.74. The minimum Gasteiger partial charge on any atom is -0.494 e. The van der Waals surface area contributed by atoms with Gasteiger partial charge in [-0.1, -0.05) is 55.5 Å². The predicted octanol–water partition coefficient (Wildman–Crippen LogP) is 3.88. The van der Waals surface area contributed by atoms with Gasteiger partial charge in [0, 0.05) is 23.5 Å². The third kappa shape index (κ3) is 5.11. The number of aliphatic hydroxyl groups is 1. The molecule has 5 heterocycles. The monoisotopic (exact) mass is 670 g/mol. The van der Waals surface area contributed by atoms with Crippen LogP contribution in [0.4, 0.5) is 5.69 Å². The lowest BCUT2D eigenvalue weighted by molar-refractivity contribution is -0.147. The molecule has 4 aliphatic heterocycles. The number of nitrogens with zero attached hydrogens (tertiary/aromatic N) is 6. The fourth-order valence-corrected chi connectivity index (χ4v) is 10.3. The second kappa shape index (κ2) is 12.4. The number of carbonyl (C=O) groups is 3. The van der Waals surface area contributed by atoms with Crippen LogP contribution < -0.4 is 9.64 Å². The predicted molar refractivity (Wildman–Crippen MR) is 184 cm³/mol. The van der Waals surface area contributed by atoms with E-state index >= 15 is 0 Å². The van der Waals surface area contributed by atoms with Gasteiger partial charge >= 0.3 is 0 Å². The summed E-state index contributed by atoms with van der Waals surface area (Å²) in [6, 6.07) is 13.5. The summed E-state index contributed by atoms with van der Waals surface area (Å²) in [6.07, 6.45) is 8.53. The molecule has 1 aromatic heterocycles. The lowest BCUT2D eigenvalue weighted by Crippen LogP contribution is -2.57. The van der Waals surface area contributed by atoms with Crippen LogP contribution in [0.1, 0.15) is 34.1 Å². The highest BCUT2D eigenvalue weighted by molar-refractivity contribution is 8.02. The smallest absolute Gasteiger partial charge is 0.248 e. The van der Waals surface area contributed by atoms with Crippen LogP contribution >= 0.6 is 11.8 Å². The number of para-hydroxylation sites is 1. The van der Waals surface area contributed by atoms with Gasteiger partial charge in [-0.25, -0.2) is 4.68 Å². The minimum atomic E-state index is -1.03. The average molecular weight is 671 g/mol. The maximum Gasteiger partial charge on any atom is 0.248 e. The molecule has 3 amide bonds. The first-order valence-electron chi connectivity index (χ1n) is 16.7. The fourth-order valence-electron chi connectivity index (χ4n) is 8.15. The first-order valence-corrected chi connectivity index (χ1v) is 17.5. The zero-order chi connectivity index (χ0) is 33.8. The van der Waals surface area contributed by atoms with Crippen LogP contribution in [0, 0.1) is 17.8 Å². The number of anilines is 1. The number of rotatable bonds is 9. The molecular weight excluding hydrogens is 629 g/mol. The van der Waals surface area contributed by atoms with E-state index in [9.17, 15) is 19.5 Å². The van der Waals surface area contributed by atoms with Crippen molar-refractivity contribution in [3.8, 4) is 5.75 Å². The fraction of sp³-hybridized carbons (Fsp3) is 0.472. The molecule has 7 rings (SSSR count). The van der Waals surface area contributed by atoms with E-state index in [0.717, 1.165) is 16.8 Å². The molecule has 2 fully saturated rings. The van der Waals surface area contributed by atoms with Gasteiger partial charge in [-0.2, -0.15) is 0 Å². The highest BCUT2D eigenvalue weighted by atomic mass is 32.2. The van der Waals surface area contributed by atoms with E-state index < -0.39 is 33.4 Å². The van der Waals surface area contributed by atoms with Crippen LogP contribution in [-0.2, 0) is 21.1 Å². The Balaban J connectivity index is 1.30. The Morgan fingerprint density at radius 3 is 2.46 bits per heavy atom. The third-order valence-electron chi connectivity index (χ3n) is 10.1. The maximum atomic E-state index is 15.0. The van der Waals surface area contributed by atoms with Crippen molar-refractivity contribution < 1.29 is 24.2 Å². The van der Waals surface area contributed by atoms with Crippen LogP contribution in [-0.4, -0.2) is 95.5 Å². The first-order chi connectivity index (χ1) is 23.1. The standard InChI is InChI=1S/C36H42N6O5S/c1-5-47-26-14-12-24(13-15-26)40-19-8-16-35(4)29(32(40)44)30-33(45)42(25(21-43)20-23(2)3)31-34(46)39(18-9-17-36(30,31)48-35)22-41-28-11-7-6-10-27(28)37-38-41/h6-17,23,25,29-31,43H,5,18-22H2,1-4H3/t25-,29+,30+,31?,35-,36+/m1/s1. The Morgan fingerprint density at radius 2 is 1.73 bits per heavy atom. The second-order valence-corrected chi connectivity index (χ2v) is 15.5. The van der Waals surface area contributed by atoms with E-state index in [4.69, 9.17) is 4.74 Å². The van der Waals surface area contributed by atoms with Gasteiger partial charge in [-0.05, 0) is 62.6 Å². The summed E-state index contributed by atoms with van der Waals surface area (Å²) in [4.78, 5) is 49.7. The normalized spacial score (nSPS) is 28.9. The number of fused-ring (bicyclic) bond motifs is 3. The summed E-state index contributed by atoms with van der Waals surface area (Å²) in [5, 5.41) is 19.3. The third-order valence-corrected chi connectivity index (χ3v) is 11.9. The van der Waals surface area contributed by atoms with Gasteiger partial charge in [0.15, 0.2) is 0 Å². The maximum absolute atomic E-state index is 15.0. The number of likely N-dealkylation sites (tertiary alicyclic amines) is 1. The number of ether oxygens (including phenoxy) is 1. The summed E-state index contributed by atoms with van der Waals surface area (Å²) in [5.74, 6) is -1.32. The molecule has 1 unspecified atom stereocenters. The molecule has 11 nitrogen and oxygen atoms in total.